The Morgan fingerprint density at radius 1 is 0.822 bits per heavy atom. The standard InChI is InChI=1S/C40H36NSi.2ClH.Zr/c1-25-23-29-19-20-36(42(3)4)40(39(29)37(25)31-15-9-13-27-11-5-7-14-30(27)31)38-26(2)24-33-32(38)16-10-18-35(33)41-22-21-28-12-6-8-17-34(28)41;;;/h5-19,23-24,38H,20-22H2,1-4H3;2*1H;/q-1;;;+3/p-2. The van der Waals surface area contributed by atoms with Crippen LogP contribution >= 0.6 is 0 Å². The van der Waals surface area contributed by atoms with Crippen LogP contribution in [0, 0.1) is 6.92 Å². The van der Waals surface area contributed by atoms with Gasteiger partial charge in [0.25, 0.3) is 0 Å². The molecule has 0 aromatic heterocycles. The molecule has 0 saturated heterocycles. The third kappa shape index (κ3) is 5.35. The molecule has 0 N–H and O–H groups in total. The molecule has 5 aromatic rings. The fourth-order valence-electron chi connectivity index (χ4n) is 7.97. The van der Waals surface area contributed by atoms with Crippen LogP contribution in [0.3, 0.4) is 0 Å². The van der Waals surface area contributed by atoms with Gasteiger partial charge in [-0.05, 0) is 53.8 Å². The monoisotopic (exact) mass is 718 g/mol. The number of hydrogen-bond donors (Lipinski definition) is 0. The summed E-state index contributed by atoms with van der Waals surface area (Å²) in [6.07, 6.45) is 7.20. The maximum atomic E-state index is 2.55. The molecule has 5 aromatic carbocycles. The van der Waals surface area contributed by atoms with Gasteiger partial charge in [-0.25, -0.2) is 0 Å². The van der Waals surface area contributed by atoms with Crippen molar-refractivity contribution in [1.82, 2.24) is 0 Å². The van der Waals surface area contributed by atoms with Gasteiger partial charge in [0.2, 0.25) is 0 Å². The number of para-hydroxylation sites is 1. The minimum Gasteiger partial charge on any atom is -1.00 e. The van der Waals surface area contributed by atoms with Gasteiger partial charge in [0, 0.05) is 37.8 Å². The normalized spacial score (nSPS) is 16.0. The first-order valence-electron chi connectivity index (χ1n) is 15.3. The van der Waals surface area contributed by atoms with E-state index in [0.29, 0.717) is 0 Å². The maximum Gasteiger partial charge on any atom is 3.00 e. The molecule has 0 spiro atoms. The second-order valence-electron chi connectivity index (χ2n) is 12.5. The molecule has 1 aliphatic heterocycles. The first-order valence-corrected chi connectivity index (χ1v) is 17.8. The van der Waals surface area contributed by atoms with Crippen LogP contribution in [0.2, 0.25) is 13.1 Å². The van der Waals surface area contributed by atoms with Crippen molar-refractivity contribution in [3.05, 3.63) is 129 Å². The second kappa shape index (κ2) is 13.2. The molecular formula is C40H36Cl2NSiZr. The third-order valence-electron chi connectivity index (χ3n) is 9.81. The van der Waals surface area contributed by atoms with Crippen LogP contribution in [0.1, 0.15) is 41.5 Å². The molecule has 0 fully saturated rings. The molecular weight excluding hydrogens is 685 g/mol. The van der Waals surface area contributed by atoms with Crippen LogP contribution in [0.25, 0.3) is 39.6 Å². The van der Waals surface area contributed by atoms with Crippen molar-refractivity contribution < 1.29 is 51.0 Å². The summed E-state index contributed by atoms with van der Waals surface area (Å²) in [5, 5.41) is 7.24. The fraction of sp³-hybridized carbons (Fsp3) is 0.200. The van der Waals surface area contributed by atoms with Crippen molar-refractivity contribution in [3.63, 3.8) is 0 Å². The predicted octanol–water partition coefficient (Wildman–Crippen LogP) is 2.28. The third-order valence-corrected chi connectivity index (χ3v) is 11.5. The minimum absolute atomic E-state index is 0. The van der Waals surface area contributed by atoms with Crippen LogP contribution in [0.5, 0.6) is 0 Å². The Morgan fingerprint density at radius 3 is 2.36 bits per heavy atom. The molecule has 2 aliphatic carbocycles. The van der Waals surface area contributed by atoms with E-state index in [1.807, 2.05) is 0 Å². The van der Waals surface area contributed by atoms with E-state index in [1.165, 1.54) is 71.5 Å². The van der Waals surface area contributed by atoms with Crippen LogP contribution in [0.4, 0.5) is 11.4 Å². The first kappa shape index (κ1) is 33.7. The van der Waals surface area contributed by atoms with Crippen LogP contribution in [-0.2, 0) is 32.6 Å². The number of aryl methyl sites for hydroxylation is 1. The van der Waals surface area contributed by atoms with Gasteiger partial charge < -0.3 is 29.7 Å². The van der Waals surface area contributed by atoms with Crippen LogP contribution in [0.15, 0.2) is 96.6 Å². The summed E-state index contributed by atoms with van der Waals surface area (Å²) < 4.78 is 0. The summed E-state index contributed by atoms with van der Waals surface area (Å²) in [6.45, 7) is 10.7. The average Bonchev–Trinajstić information content (AvgIpc) is 3.68. The number of nitrogens with zero attached hydrogens (tertiary/aromatic N) is 1. The smallest absolute Gasteiger partial charge is 1.00 e. The molecule has 1 heterocycles. The largest absolute Gasteiger partial charge is 3.00 e. The Kier molecular flexibility index (Phi) is 9.88. The SMILES string of the molecule is CC1=Cc2c(cccc2N2CCc3ccccc32)C1C1=c2c(-c3cccc4ccccc34)c(C)[cH-]c2=CCC1=[Si](C)C.[Cl-].[Cl-].[Zr+3]. The number of anilines is 2. The van der Waals surface area contributed by atoms with E-state index in [1.54, 1.807) is 10.7 Å². The van der Waals surface area contributed by atoms with E-state index in [9.17, 15) is 0 Å². The molecule has 0 saturated carbocycles. The number of fused-ring (bicyclic) bond motifs is 4. The number of rotatable bonds is 3. The Morgan fingerprint density at radius 2 is 1.53 bits per heavy atom. The van der Waals surface area contributed by atoms with Gasteiger partial charge in [-0.15, -0.1) is 22.4 Å². The van der Waals surface area contributed by atoms with Gasteiger partial charge in [0.15, 0.2) is 0 Å². The Balaban J connectivity index is 0.00000133. The Bertz CT molecular complexity index is 2130. The summed E-state index contributed by atoms with van der Waals surface area (Å²) >= 11 is 0. The van der Waals surface area contributed by atoms with E-state index >= 15 is 0 Å². The van der Waals surface area contributed by atoms with Gasteiger partial charge in [-0.1, -0.05) is 121 Å². The molecule has 1 unspecified atom stereocenters. The molecule has 0 amide bonds. The van der Waals surface area contributed by atoms with E-state index in [4.69, 9.17) is 0 Å². The molecule has 5 heteroatoms. The molecule has 0 bridgehead atoms. The van der Waals surface area contributed by atoms with Crippen molar-refractivity contribution in [3.8, 4) is 11.1 Å². The summed E-state index contributed by atoms with van der Waals surface area (Å²) in [5.41, 5.74) is 14.3. The summed E-state index contributed by atoms with van der Waals surface area (Å²) in [5.74, 6) is 0.288. The minimum atomic E-state index is -0.671. The number of allylic oxidation sites excluding steroid dienone is 1. The van der Waals surface area contributed by atoms with Crippen molar-refractivity contribution in [2.75, 3.05) is 11.4 Å². The van der Waals surface area contributed by atoms with Gasteiger partial charge in [-0.3, -0.25) is 0 Å². The average molecular weight is 721 g/mol. The number of benzene rings is 4. The Hall–Kier alpha value is -2.68. The zero-order valence-corrected chi connectivity index (χ0v) is 31.2. The quantitative estimate of drug-likeness (QED) is 0.205. The molecule has 1 radical (unpaired) electrons. The molecule has 1 nitrogen and oxygen atoms in total. The second-order valence-corrected chi connectivity index (χ2v) is 15.1. The van der Waals surface area contributed by atoms with E-state index < -0.39 is 8.41 Å². The maximum absolute atomic E-state index is 2.55. The molecule has 1 atom stereocenters. The van der Waals surface area contributed by atoms with Gasteiger partial charge in [0.1, 0.15) is 0 Å². The molecule has 8 rings (SSSR count). The number of halogens is 2. The first-order chi connectivity index (χ1) is 20.5. The van der Waals surface area contributed by atoms with Crippen LogP contribution < -0.4 is 40.2 Å². The Labute approximate surface area is 299 Å². The molecule has 223 valence electrons. The van der Waals surface area contributed by atoms with E-state index in [-0.39, 0.29) is 56.9 Å². The molecule has 3 aliphatic rings. The van der Waals surface area contributed by atoms with Gasteiger partial charge in [-0.2, -0.15) is 11.3 Å². The van der Waals surface area contributed by atoms with Crippen molar-refractivity contribution in [1.29, 1.82) is 0 Å². The predicted molar refractivity (Wildman–Crippen MR) is 184 cm³/mol. The molecule has 45 heavy (non-hydrogen) atoms. The van der Waals surface area contributed by atoms with Crippen LogP contribution in [-0.4, -0.2) is 20.1 Å². The van der Waals surface area contributed by atoms with Crippen molar-refractivity contribution >= 4 is 53.5 Å². The van der Waals surface area contributed by atoms with Gasteiger partial charge in [0.05, 0.1) is 0 Å². The summed E-state index contributed by atoms with van der Waals surface area (Å²) in [4.78, 5) is 2.55. The zero-order valence-electron chi connectivity index (χ0n) is 26.2. The fourth-order valence-corrected chi connectivity index (χ4v) is 9.29. The van der Waals surface area contributed by atoms with Gasteiger partial charge >= 0.3 is 26.2 Å². The summed E-state index contributed by atoms with van der Waals surface area (Å²) in [6, 6.07) is 34.1. The van der Waals surface area contributed by atoms with Crippen molar-refractivity contribution in [2.45, 2.75) is 45.7 Å². The number of hydrogen-bond acceptors (Lipinski definition) is 1. The zero-order chi connectivity index (χ0) is 28.5. The topological polar surface area (TPSA) is 3.24 Å². The van der Waals surface area contributed by atoms with E-state index in [2.05, 4.69) is 135 Å². The summed E-state index contributed by atoms with van der Waals surface area (Å²) in [7, 11) is -0.671. The van der Waals surface area contributed by atoms with Crippen molar-refractivity contribution in [2.24, 2.45) is 0 Å². The van der Waals surface area contributed by atoms with E-state index in [0.717, 1.165) is 19.4 Å².